The van der Waals surface area contributed by atoms with Gasteiger partial charge in [-0.1, -0.05) is 0 Å². The number of hydrogen-bond acceptors (Lipinski definition) is 5. The molecule has 23 heavy (non-hydrogen) atoms. The zero-order valence-electron chi connectivity index (χ0n) is 13.7. The van der Waals surface area contributed by atoms with Gasteiger partial charge in [-0.05, 0) is 6.92 Å². The molecule has 0 spiro atoms. The Bertz CT molecular complexity index is 555. The summed E-state index contributed by atoms with van der Waals surface area (Å²) in [4.78, 5) is 38.7. The van der Waals surface area contributed by atoms with Crippen LogP contribution in [0.15, 0.2) is 6.20 Å². The molecule has 0 fully saturated rings. The molecule has 1 aromatic rings. The van der Waals surface area contributed by atoms with E-state index in [4.69, 9.17) is 0 Å². The lowest BCUT2D eigenvalue weighted by molar-refractivity contribution is -0.122. The SMILES string of the molecule is CCNc1cn(C)c(C(=O)NCCC(=O)NCCC(=O)NC)n1. The summed E-state index contributed by atoms with van der Waals surface area (Å²) in [6, 6.07) is 0. The Morgan fingerprint density at radius 1 is 1.13 bits per heavy atom. The first-order valence-electron chi connectivity index (χ1n) is 7.50. The fourth-order valence-corrected chi connectivity index (χ4v) is 1.84. The Labute approximate surface area is 135 Å². The Morgan fingerprint density at radius 2 is 1.78 bits per heavy atom. The van der Waals surface area contributed by atoms with E-state index in [1.165, 1.54) is 0 Å². The summed E-state index contributed by atoms with van der Waals surface area (Å²) in [5.41, 5.74) is 0. The third kappa shape index (κ3) is 6.37. The number of imidazole rings is 1. The Morgan fingerprint density at radius 3 is 2.43 bits per heavy atom. The summed E-state index contributed by atoms with van der Waals surface area (Å²) in [7, 11) is 3.27. The summed E-state index contributed by atoms with van der Waals surface area (Å²) in [6.45, 7) is 3.14. The van der Waals surface area contributed by atoms with Crippen molar-refractivity contribution in [1.29, 1.82) is 0 Å². The molecule has 0 bridgehead atoms. The van der Waals surface area contributed by atoms with Crippen molar-refractivity contribution in [2.75, 3.05) is 32.0 Å². The Balaban J connectivity index is 2.30. The van der Waals surface area contributed by atoms with Gasteiger partial charge in [-0.3, -0.25) is 14.4 Å². The van der Waals surface area contributed by atoms with Crippen molar-refractivity contribution < 1.29 is 14.4 Å². The lowest BCUT2D eigenvalue weighted by atomic mass is 10.3. The molecule has 0 unspecified atom stereocenters. The average Bonchev–Trinajstić information content (AvgIpc) is 2.88. The predicted octanol–water partition coefficient (Wildman–Crippen LogP) is -0.776. The first kappa shape index (κ1) is 18.5. The van der Waals surface area contributed by atoms with Crippen LogP contribution in [0.1, 0.15) is 30.4 Å². The fourth-order valence-electron chi connectivity index (χ4n) is 1.84. The van der Waals surface area contributed by atoms with Crippen LogP contribution in [0.5, 0.6) is 0 Å². The molecule has 0 atom stereocenters. The van der Waals surface area contributed by atoms with Crippen molar-refractivity contribution >= 4 is 23.5 Å². The third-order valence-corrected chi connectivity index (χ3v) is 3.03. The molecule has 4 N–H and O–H groups in total. The van der Waals surface area contributed by atoms with Gasteiger partial charge in [0.1, 0.15) is 5.82 Å². The molecule has 0 aromatic carbocycles. The number of aromatic nitrogens is 2. The molecule has 1 aromatic heterocycles. The van der Waals surface area contributed by atoms with Gasteiger partial charge in [0, 0.05) is 52.8 Å². The summed E-state index contributed by atoms with van der Waals surface area (Å²) < 4.78 is 1.62. The Hall–Kier alpha value is -2.58. The monoisotopic (exact) mass is 324 g/mol. The molecule has 0 radical (unpaired) electrons. The van der Waals surface area contributed by atoms with Gasteiger partial charge in [0.2, 0.25) is 17.6 Å². The van der Waals surface area contributed by atoms with Gasteiger partial charge in [-0.2, -0.15) is 0 Å². The minimum atomic E-state index is -0.338. The molecule has 0 saturated carbocycles. The highest BCUT2D eigenvalue weighted by Crippen LogP contribution is 2.06. The van der Waals surface area contributed by atoms with Crippen LogP contribution < -0.4 is 21.3 Å². The fraction of sp³-hybridized carbons (Fsp3) is 0.571. The van der Waals surface area contributed by atoms with Crippen LogP contribution in [-0.2, 0) is 16.6 Å². The predicted molar refractivity (Wildman–Crippen MR) is 86.0 cm³/mol. The van der Waals surface area contributed by atoms with Crippen molar-refractivity contribution in [2.45, 2.75) is 19.8 Å². The van der Waals surface area contributed by atoms with E-state index < -0.39 is 0 Å². The van der Waals surface area contributed by atoms with Crippen molar-refractivity contribution in [3.8, 4) is 0 Å². The van der Waals surface area contributed by atoms with E-state index in [-0.39, 0.29) is 49.5 Å². The van der Waals surface area contributed by atoms with Crippen molar-refractivity contribution in [2.24, 2.45) is 7.05 Å². The maximum absolute atomic E-state index is 12.0. The number of anilines is 1. The first-order chi connectivity index (χ1) is 11.0. The summed E-state index contributed by atoms with van der Waals surface area (Å²) in [5.74, 6) is 0.218. The highest BCUT2D eigenvalue weighted by atomic mass is 16.2. The van der Waals surface area contributed by atoms with E-state index in [1.54, 1.807) is 24.9 Å². The van der Waals surface area contributed by atoms with Crippen LogP contribution in [0, 0.1) is 0 Å². The van der Waals surface area contributed by atoms with Gasteiger partial charge in [0.25, 0.3) is 5.91 Å². The Kier molecular flexibility index (Phi) is 7.58. The molecule has 0 saturated heterocycles. The van der Waals surface area contributed by atoms with Crippen LogP contribution in [-0.4, -0.2) is 54.0 Å². The number of carbonyl (C=O) groups is 3. The molecule has 128 valence electrons. The van der Waals surface area contributed by atoms with Gasteiger partial charge >= 0.3 is 0 Å². The topological polar surface area (TPSA) is 117 Å². The zero-order chi connectivity index (χ0) is 17.2. The van der Waals surface area contributed by atoms with Gasteiger partial charge in [0.05, 0.1) is 0 Å². The van der Waals surface area contributed by atoms with E-state index in [9.17, 15) is 14.4 Å². The standard InChI is InChI=1S/C14H24N6O3/c1-4-16-10-9-20(3)13(19-10)14(23)18-8-6-12(22)17-7-5-11(21)15-2/h9,16H,4-8H2,1-3H3,(H,15,21)(H,17,22)(H,18,23). The number of nitrogens with one attached hydrogen (secondary N) is 4. The van der Waals surface area contributed by atoms with Crippen LogP contribution in [0.25, 0.3) is 0 Å². The van der Waals surface area contributed by atoms with Crippen molar-refractivity contribution in [3.05, 3.63) is 12.0 Å². The lowest BCUT2D eigenvalue weighted by Crippen LogP contribution is -2.33. The summed E-state index contributed by atoms with van der Waals surface area (Å²) in [6.07, 6.45) is 2.10. The molecule has 0 aliphatic rings. The van der Waals surface area contributed by atoms with E-state index in [2.05, 4.69) is 26.3 Å². The summed E-state index contributed by atoms with van der Waals surface area (Å²) in [5, 5.41) is 10.8. The molecule has 0 aliphatic carbocycles. The number of aryl methyl sites for hydroxylation is 1. The third-order valence-electron chi connectivity index (χ3n) is 3.03. The lowest BCUT2D eigenvalue weighted by Gasteiger charge is -2.06. The van der Waals surface area contributed by atoms with Crippen LogP contribution >= 0.6 is 0 Å². The number of amides is 3. The van der Waals surface area contributed by atoms with E-state index in [0.717, 1.165) is 0 Å². The number of hydrogen-bond donors (Lipinski definition) is 4. The maximum atomic E-state index is 12.0. The van der Waals surface area contributed by atoms with Crippen LogP contribution in [0.4, 0.5) is 5.82 Å². The molecular weight excluding hydrogens is 300 g/mol. The minimum Gasteiger partial charge on any atom is -0.369 e. The van der Waals surface area contributed by atoms with Gasteiger partial charge in [0.15, 0.2) is 0 Å². The number of rotatable bonds is 9. The van der Waals surface area contributed by atoms with E-state index in [1.807, 2.05) is 6.92 Å². The highest BCUT2D eigenvalue weighted by molar-refractivity contribution is 5.91. The smallest absolute Gasteiger partial charge is 0.287 e. The number of carbonyl (C=O) groups excluding carboxylic acids is 3. The zero-order valence-corrected chi connectivity index (χ0v) is 13.7. The van der Waals surface area contributed by atoms with E-state index >= 15 is 0 Å². The maximum Gasteiger partial charge on any atom is 0.287 e. The molecule has 1 heterocycles. The summed E-state index contributed by atoms with van der Waals surface area (Å²) >= 11 is 0. The largest absolute Gasteiger partial charge is 0.369 e. The second kappa shape index (κ2) is 9.44. The molecule has 0 aliphatic heterocycles. The number of nitrogens with zero attached hydrogens (tertiary/aromatic N) is 2. The van der Waals surface area contributed by atoms with E-state index in [0.29, 0.717) is 12.4 Å². The van der Waals surface area contributed by atoms with Crippen molar-refractivity contribution in [1.82, 2.24) is 25.5 Å². The second-order valence-electron chi connectivity index (χ2n) is 4.87. The minimum absolute atomic E-state index is 0.134. The first-order valence-corrected chi connectivity index (χ1v) is 7.50. The van der Waals surface area contributed by atoms with Crippen LogP contribution in [0.2, 0.25) is 0 Å². The van der Waals surface area contributed by atoms with Crippen molar-refractivity contribution in [3.63, 3.8) is 0 Å². The molecule has 3 amide bonds. The molecule has 9 nitrogen and oxygen atoms in total. The van der Waals surface area contributed by atoms with Gasteiger partial charge in [-0.25, -0.2) is 4.98 Å². The quantitative estimate of drug-likeness (QED) is 0.475. The molecule has 9 heteroatoms. The normalized spacial score (nSPS) is 10.0. The average molecular weight is 324 g/mol. The molecule has 1 rings (SSSR count). The molecular formula is C14H24N6O3. The van der Waals surface area contributed by atoms with Crippen LogP contribution in [0.3, 0.4) is 0 Å². The second-order valence-corrected chi connectivity index (χ2v) is 4.87. The highest BCUT2D eigenvalue weighted by Gasteiger charge is 2.13. The van der Waals surface area contributed by atoms with Gasteiger partial charge in [-0.15, -0.1) is 0 Å². The van der Waals surface area contributed by atoms with Gasteiger partial charge < -0.3 is 25.8 Å².